The van der Waals surface area contributed by atoms with E-state index in [9.17, 15) is 4.79 Å². The van der Waals surface area contributed by atoms with Crippen molar-refractivity contribution in [2.45, 2.75) is 19.8 Å². The van der Waals surface area contributed by atoms with E-state index in [1.807, 2.05) is 25.1 Å². The molecule has 0 spiro atoms. The second-order valence-electron chi connectivity index (χ2n) is 7.94. The monoisotopic (exact) mass is 484 g/mol. The van der Waals surface area contributed by atoms with Crippen molar-refractivity contribution in [3.63, 3.8) is 0 Å². The summed E-state index contributed by atoms with van der Waals surface area (Å²) in [5, 5.41) is 3.99. The quantitative estimate of drug-likeness (QED) is 0.480. The van der Waals surface area contributed by atoms with Crippen LogP contribution in [-0.4, -0.2) is 48.7 Å². The van der Waals surface area contributed by atoms with Gasteiger partial charge in [-0.1, -0.05) is 53.5 Å². The number of hydrogen-bond acceptors (Lipinski definition) is 5. The van der Waals surface area contributed by atoms with E-state index in [0.29, 0.717) is 71.4 Å². The average Bonchev–Trinajstić information content (AvgIpc) is 2.82. The van der Waals surface area contributed by atoms with Crippen molar-refractivity contribution in [1.82, 2.24) is 15.3 Å². The zero-order chi connectivity index (χ0) is 23.2. The molecule has 1 amide bonds. The Bertz CT molecular complexity index is 1100. The highest BCUT2D eigenvalue weighted by molar-refractivity contribution is 6.35. The Morgan fingerprint density at radius 1 is 1.06 bits per heavy atom. The Labute approximate surface area is 203 Å². The zero-order valence-corrected chi connectivity index (χ0v) is 20.0. The van der Waals surface area contributed by atoms with Gasteiger partial charge in [0.15, 0.2) is 0 Å². The summed E-state index contributed by atoms with van der Waals surface area (Å²) >= 11 is 12.5. The van der Waals surface area contributed by atoms with Gasteiger partial charge < -0.3 is 15.0 Å². The highest BCUT2D eigenvalue weighted by Crippen LogP contribution is 2.31. The van der Waals surface area contributed by atoms with E-state index in [1.54, 1.807) is 18.2 Å². The maximum absolute atomic E-state index is 13.2. The lowest BCUT2D eigenvalue weighted by atomic mass is 10.0. The molecule has 8 heteroatoms. The molecule has 1 aliphatic heterocycles. The molecule has 3 aromatic rings. The van der Waals surface area contributed by atoms with Crippen molar-refractivity contribution < 1.29 is 9.53 Å². The molecule has 1 saturated heterocycles. The molecular weight excluding hydrogens is 459 g/mol. The summed E-state index contributed by atoms with van der Waals surface area (Å²) in [4.78, 5) is 24.7. The number of halogens is 2. The van der Waals surface area contributed by atoms with Crippen LogP contribution >= 0.6 is 23.2 Å². The second-order valence-corrected chi connectivity index (χ2v) is 8.81. The van der Waals surface area contributed by atoms with Crippen LogP contribution in [0.15, 0.2) is 48.5 Å². The van der Waals surface area contributed by atoms with Crippen LogP contribution in [0.5, 0.6) is 0 Å². The van der Waals surface area contributed by atoms with Gasteiger partial charge in [0.1, 0.15) is 0 Å². The van der Waals surface area contributed by atoms with Crippen molar-refractivity contribution in [1.29, 1.82) is 0 Å². The topological polar surface area (TPSA) is 67.3 Å². The third-order valence-corrected chi connectivity index (χ3v) is 5.94. The van der Waals surface area contributed by atoms with Gasteiger partial charge in [0.2, 0.25) is 5.95 Å². The van der Waals surface area contributed by atoms with Crippen molar-refractivity contribution in [3.8, 4) is 11.3 Å². The van der Waals surface area contributed by atoms with Crippen molar-refractivity contribution in [2.24, 2.45) is 0 Å². The van der Waals surface area contributed by atoms with Gasteiger partial charge in [-0.25, -0.2) is 9.97 Å². The fourth-order valence-corrected chi connectivity index (χ4v) is 4.39. The van der Waals surface area contributed by atoms with Crippen molar-refractivity contribution >= 4 is 35.1 Å². The van der Waals surface area contributed by atoms with Gasteiger partial charge in [-0.3, -0.25) is 4.79 Å². The summed E-state index contributed by atoms with van der Waals surface area (Å²) in [7, 11) is 0. The minimum Gasteiger partial charge on any atom is -0.378 e. The first-order chi connectivity index (χ1) is 16.0. The number of anilines is 1. The number of nitrogens with one attached hydrogen (secondary N) is 1. The molecule has 2 aromatic carbocycles. The molecule has 0 saturated carbocycles. The predicted octanol–water partition coefficient (Wildman–Crippen LogP) is 4.96. The molecule has 172 valence electrons. The minimum absolute atomic E-state index is 0.208. The van der Waals surface area contributed by atoms with Gasteiger partial charge in [-0.05, 0) is 43.5 Å². The number of carbonyl (C=O) groups excluding carboxylic acids is 1. The zero-order valence-electron chi connectivity index (χ0n) is 18.5. The molecule has 1 fully saturated rings. The highest BCUT2D eigenvalue weighted by atomic mass is 35.5. The maximum Gasteiger partial charge on any atom is 0.255 e. The van der Waals surface area contributed by atoms with E-state index in [0.717, 1.165) is 12.8 Å². The summed E-state index contributed by atoms with van der Waals surface area (Å²) in [5.41, 5.74) is 3.49. The van der Waals surface area contributed by atoms with E-state index in [4.69, 9.17) is 32.9 Å². The van der Waals surface area contributed by atoms with Crippen LogP contribution in [-0.2, 0) is 11.2 Å². The molecule has 0 bridgehead atoms. The van der Waals surface area contributed by atoms with Crippen LogP contribution in [0.4, 0.5) is 5.95 Å². The van der Waals surface area contributed by atoms with Crippen LogP contribution in [0.1, 0.15) is 28.0 Å². The smallest absolute Gasteiger partial charge is 0.255 e. The Morgan fingerprint density at radius 3 is 2.45 bits per heavy atom. The van der Waals surface area contributed by atoms with Crippen molar-refractivity contribution in [3.05, 3.63) is 75.4 Å². The number of carbonyl (C=O) groups is 1. The summed E-state index contributed by atoms with van der Waals surface area (Å²) in [6, 6.07) is 15.4. The van der Waals surface area contributed by atoms with Crippen LogP contribution in [0.25, 0.3) is 11.3 Å². The average molecular weight is 485 g/mol. The van der Waals surface area contributed by atoms with Gasteiger partial charge in [-0.2, -0.15) is 0 Å². The molecule has 1 aromatic heterocycles. The highest BCUT2D eigenvalue weighted by Gasteiger charge is 2.23. The third kappa shape index (κ3) is 6.02. The second kappa shape index (κ2) is 11.0. The predicted molar refractivity (Wildman–Crippen MR) is 132 cm³/mol. The lowest BCUT2D eigenvalue weighted by Gasteiger charge is -2.28. The summed E-state index contributed by atoms with van der Waals surface area (Å²) in [6.45, 7) is 5.00. The summed E-state index contributed by atoms with van der Waals surface area (Å²) < 4.78 is 5.45. The SMILES string of the molecule is Cc1nc(N2CCOCC2)nc(-c2cc(Cl)cc(Cl)c2)c1C(=O)NCCCc1ccccc1. The number of amides is 1. The standard InChI is InChI=1S/C25H26Cl2N4O2/c1-17-22(24(32)28-9-5-8-18-6-3-2-4-7-18)23(19-14-20(26)16-21(27)15-19)30-25(29-17)31-10-12-33-13-11-31/h2-4,6-7,14-16H,5,8-13H2,1H3,(H,28,32). The Hall–Kier alpha value is -2.67. The minimum atomic E-state index is -0.208. The lowest BCUT2D eigenvalue weighted by molar-refractivity contribution is 0.0952. The molecule has 1 aliphatic rings. The van der Waals surface area contributed by atoms with Crippen molar-refractivity contribution in [2.75, 3.05) is 37.7 Å². The van der Waals surface area contributed by atoms with E-state index in [1.165, 1.54) is 5.56 Å². The first-order valence-electron chi connectivity index (χ1n) is 11.0. The van der Waals surface area contributed by atoms with Crippen LogP contribution < -0.4 is 10.2 Å². The maximum atomic E-state index is 13.2. The Morgan fingerprint density at radius 2 is 1.76 bits per heavy atom. The number of rotatable bonds is 7. The number of nitrogens with zero attached hydrogens (tertiary/aromatic N) is 3. The molecule has 33 heavy (non-hydrogen) atoms. The van der Waals surface area contributed by atoms with E-state index >= 15 is 0 Å². The number of aromatic nitrogens is 2. The molecule has 2 heterocycles. The lowest BCUT2D eigenvalue weighted by Crippen LogP contribution is -2.38. The molecule has 0 atom stereocenters. The molecule has 0 radical (unpaired) electrons. The first kappa shape index (κ1) is 23.5. The van der Waals surface area contributed by atoms with Gasteiger partial charge in [0.05, 0.1) is 30.2 Å². The Kier molecular flexibility index (Phi) is 7.81. The largest absolute Gasteiger partial charge is 0.378 e. The summed E-state index contributed by atoms with van der Waals surface area (Å²) in [6.07, 6.45) is 1.73. The third-order valence-electron chi connectivity index (χ3n) is 5.51. The fourth-order valence-electron chi connectivity index (χ4n) is 3.86. The summed E-state index contributed by atoms with van der Waals surface area (Å²) in [5.74, 6) is 0.364. The normalized spacial score (nSPS) is 13.7. The number of benzene rings is 2. The van der Waals surface area contributed by atoms with Crippen LogP contribution in [0, 0.1) is 6.92 Å². The number of aryl methyl sites for hydroxylation is 2. The van der Waals surface area contributed by atoms with Gasteiger partial charge in [0.25, 0.3) is 5.91 Å². The number of hydrogen-bond donors (Lipinski definition) is 1. The number of ether oxygens (including phenoxy) is 1. The molecule has 0 aliphatic carbocycles. The van der Waals surface area contributed by atoms with Crippen LogP contribution in [0.2, 0.25) is 10.0 Å². The molecule has 4 rings (SSSR count). The van der Waals surface area contributed by atoms with E-state index in [2.05, 4.69) is 27.3 Å². The molecular formula is C25H26Cl2N4O2. The van der Waals surface area contributed by atoms with Gasteiger partial charge in [-0.15, -0.1) is 0 Å². The molecule has 6 nitrogen and oxygen atoms in total. The van der Waals surface area contributed by atoms with Gasteiger partial charge >= 0.3 is 0 Å². The number of morpholine rings is 1. The van der Waals surface area contributed by atoms with Gasteiger partial charge in [0, 0.05) is 35.2 Å². The fraction of sp³-hybridized carbons (Fsp3) is 0.320. The first-order valence-corrected chi connectivity index (χ1v) is 11.8. The Balaban J connectivity index is 1.60. The molecule has 1 N–H and O–H groups in total. The van der Waals surface area contributed by atoms with E-state index < -0.39 is 0 Å². The van der Waals surface area contributed by atoms with E-state index in [-0.39, 0.29) is 5.91 Å². The molecule has 0 unspecified atom stereocenters. The van der Waals surface area contributed by atoms with Crippen LogP contribution in [0.3, 0.4) is 0 Å².